The minimum atomic E-state index is -2.90. The molecule has 2 aromatic rings. The first-order chi connectivity index (χ1) is 13.6. The van der Waals surface area contributed by atoms with Gasteiger partial charge in [-0.3, -0.25) is 4.99 Å². The Kier molecular flexibility index (Phi) is 11.1. The van der Waals surface area contributed by atoms with Crippen molar-refractivity contribution in [3.63, 3.8) is 0 Å². The highest BCUT2D eigenvalue weighted by atomic mass is 127. The Bertz CT molecular complexity index is 791. The number of halogens is 3. The van der Waals surface area contributed by atoms with Gasteiger partial charge in [-0.25, -0.2) is 0 Å². The van der Waals surface area contributed by atoms with Crippen LogP contribution in [0.3, 0.4) is 0 Å². The van der Waals surface area contributed by atoms with E-state index in [0.717, 1.165) is 17.7 Å². The van der Waals surface area contributed by atoms with Gasteiger partial charge in [-0.15, -0.1) is 24.0 Å². The number of aliphatic imine (C=N–C) groups is 1. The number of para-hydroxylation sites is 1. The summed E-state index contributed by atoms with van der Waals surface area (Å²) in [5.74, 6) is 2.02. The number of alkyl halides is 2. The first-order valence-electron chi connectivity index (χ1n) is 8.75. The summed E-state index contributed by atoms with van der Waals surface area (Å²) in [6.45, 7) is -2.03. The topological polar surface area (TPSA) is 64.1 Å². The van der Waals surface area contributed by atoms with Crippen LogP contribution in [-0.2, 0) is 13.0 Å². The summed E-state index contributed by atoms with van der Waals surface area (Å²) in [6.07, 6.45) is 0.740. The predicted octanol–water partition coefficient (Wildman–Crippen LogP) is 3.83. The Balaban J connectivity index is 0.00000420. The lowest BCUT2D eigenvalue weighted by atomic mass is 10.1. The van der Waals surface area contributed by atoms with Gasteiger partial charge in [0.25, 0.3) is 0 Å². The molecule has 0 aliphatic rings. The van der Waals surface area contributed by atoms with Crippen molar-refractivity contribution in [2.24, 2.45) is 4.99 Å². The molecule has 0 radical (unpaired) electrons. The van der Waals surface area contributed by atoms with Gasteiger partial charge in [0.2, 0.25) is 0 Å². The summed E-state index contributed by atoms with van der Waals surface area (Å²) in [7, 11) is 4.79. The van der Waals surface area contributed by atoms with Crippen LogP contribution in [0.5, 0.6) is 17.2 Å². The average molecular weight is 521 g/mol. The zero-order valence-electron chi connectivity index (χ0n) is 16.6. The van der Waals surface area contributed by atoms with Crippen LogP contribution >= 0.6 is 24.0 Å². The van der Waals surface area contributed by atoms with Gasteiger partial charge < -0.3 is 24.8 Å². The molecule has 9 heteroatoms. The van der Waals surface area contributed by atoms with Gasteiger partial charge in [0.05, 0.1) is 14.2 Å². The highest BCUT2D eigenvalue weighted by Gasteiger charge is 2.11. The van der Waals surface area contributed by atoms with Crippen molar-refractivity contribution < 1.29 is 23.0 Å². The van der Waals surface area contributed by atoms with Gasteiger partial charge in [-0.2, -0.15) is 8.78 Å². The highest BCUT2D eigenvalue weighted by molar-refractivity contribution is 14.0. The second-order valence-corrected chi connectivity index (χ2v) is 5.77. The number of guanidine groups is 1. The molecule has 0 amide bonds. The molecule has 0 bridgehead atoms. The van der Waals surface area contributed by atoms with Gasteiger partial charge in [-0.1, -0.05) is 18.2 Å². The van der Waals surface area contributed by atoms with E-state index in [1.807, 2.05) is 24.3 Å². The van der Waals surface area contributed by atoms with Crippen LogP contribution < -0.4 is 24.8 Å². The lowest BCUT2D eigenvalue weighted by molar-refractivity contribution is -0.0504. The smallest absolute Gasteiger partial charge is 0.387 e. The van der Waals surface area contributed by atoms with Gasteiger partial charge in [-0.05, 0) is 36.2 Å². The Morgan fingerprint density at radius 2 is 1.76 bits per heavy atom. The largest absolute Gasteiger partial charge is 0.497 e. The third kappa shape index (κ3) is 7.92. The molecule has 0 aromatic heterocycles. The van der Waals surface area contributed by atoms with Crippen LogP contribution in [0.25, 0.3) is 0 Å². The van der Waals surface area contributed by atoms with E-state index < -0.39 is 6.61 Å². The third-order valence-corrected chi connectivity index (χ3v) is 4.03. The Morgan fingerprint density at radius 1 is 1.00 bits per heavy atom. The maximum atomic E-state index is 12.6. The molecule has 0 spiro atoms. The number of benzene rings is 2. The number of hydrogen-bond donors (Lipinski definition) is 2. The standard InChI is InChI=1S/C20H25F2N3O3.HI/c1-23-20(24-11-10-14-6-4-5-7-17(14)27-3)25-13-15-12-16(26-2)8-9-18(15)28-19(21)22;/h4-9,12,19H,10-11,13H2,1-3H3,(H2,23,24,25);1H. The number of rotatable bonds is 9. The van der Waals surface area contributed by atoms with Crippen LogP contribution in [0, 0.1) is 0 Å². The molecule has 0 fully saturated rings. The zero-order chi connectivity index (χ0) is 20.4. The zero-order valence-corrected chi connectivity index (χ0v) is 18.9. The molecule has 0 heterocycles. The Hall–Kier alpha value is -2.30. The fourth-order valence-electron chi connectivity index (χ4n) is 2.66. The van der Waals surface area contributed by atoms with Crippen molar-refractivity contribution in [3.8, 4) is 17.2 Å². The minimum Gasteiger partial charge on any atom is -0.497 e. The second kappa shape index (κ2) is 13.0. The number of methoxy groups -OCH3 is 2. The van der Waals surface area contributed by atoms with E-state index in [0.29, 0.717) is 23.8 Å². The van der Waals surface area contributed by atoms with Gasteiger partial charge >= 0.3 is 6.61 Å². The number of hydrogen-bond acceptors (Lipinski definition) is 4. The Morgan fingerprint density at radius 3 is 2.41 bits per heavy atom. The molecule has 0 aliphatic carbocycles. The van der Waals surface area contributed by atoms with Gasteiger partial charge in [0.15, 0.2) is 5.96 Å². The summed E-state index contributed by atoms with van der Waals surface area (Å²) >= 11 is 0. The third-order valence-electron chi connectivity index (χ3n) is 4.03. The van der Waals surface area contributed by atoms with Crippen LogP contribution in [-0.4, -0.2) is 40.4 Å². The summed E-state index contributed by atoms with van der Waals surface area (Å²) in [5, 5.41) is 6.28. The SMILES string of the molecule is CN=C(NCCc1ccccc1OC)NCc1cc(OC)ccc1OC(F)F.I. The van der Waals surface area contributed by atoms with E-state index in [9.17, 15) is 8.78 Å². The van der Waals surface area contributed by atoms with E-state index in [4.69, 9.17) is 9.47 Å². The Labute approximate surface area is 186 Å². The summed E-state index contributed by atoms with van der Waals surface area (Å²) in [5.41, 5.74) is 1.61. The van der Waals surface area contributed by atoms with Crippen LogP contribution in [0.15, 0.2) is 47.5 Å². The summed E-state index contributed by atoms with van der Waals surface area (Å²) in [6, 6.07) is 12.5. The first kappa shape index (κ1) is 24.7. The van der Waals surface area contributed by atoms with E-state index in [-0.39, 0.29) is 36.3 Å². The molecule has 6 nitrogen and oxygen atoms in total. The second-order valence-electron chi connectivity index (χ2n) is 5.77. The molecule has 0 unspecified atom stereocenters. The average Bonchev–Trinajstić information content (AvgIpc) is 2.71. The molecule has 2 N–H and O–H groups in total. The van der Waals surface area contributed by atoms with Crippen molar-refractivity contribution in [2.75, 3.05) is 27.8 Å². The van der Waals surface area contributed by atoms with Gasteiger partial charge in [0, 0.05) is 25.7 Å². The van der Waals surface area contributed by atoms with Crippen molar-refractivity contribution in [3.05, 3.63) is 53.6 Å². The van der Waals surface area contributed by atoms with E-state index in [1.54, 1.807) is 26.3 Å². The van der Waals surface area contributed by atoms with Crippen molar-refractivity contribution in [1.82, 2.24) is 10.6 Å². The van der Waals surface area contributed by atoms with E-state index in [2.05, 4.69) is 20.4 Å². The quantitative estimate of drug-likeness (QED) is 0.299. The number of ether oxygens (including phenoxy) is 3. The monoisotopic (exact) mass is 521 g/mol. The lowest BCUT2D eigenvalue weighted by Gasteiger charge is -2.16. The van der Waals surface area contributed by atoms with Crippen molar-refractivity contribution in [1.29, 1.82) is 0 Å². The number of nitrogens with zero attached hydrogens (tertiary/aromatic N) is 1. The molecular weight excluding hydrogens is 495 g/mol. The molecule has 29 heavy (non-hydrogen) atoms. The van der Waals surface area contributed by atoms with E-state index in [1.165, 1.54) is 13.2 Å². The van der Waals surface area contributed by atoms with E-state index >= 15 is 0 Å². The summed E-state index contributed by atoms with van der Waals surface area (Å²) in [4.78, 5) is 4.15. The molecule has 0 aliphatic heterocycles. The van der Waals surface area contributed by atoms with Crippen molar-refractivity contribution in [2.45, 2.75) is 19.6 Å². The maximum Gasteiger partial charge on any atom is 0.387 e. The molecule has 0 saturated carbocycles. The minimum absolute atomic E-state index is 0. The molecule has 0 saturated heterocycles. The van der Waals surface area contributed by atoms with Gasteiger partial charge in [0.1, 0.15) is 17.2 Å². The fourth-order valence-corrected chi connectivity index (χ4v) is 2.66. The van der Waals surface area contributed by atoms with Crippen molar-refractivity contribution >= 4 is 29.9 Å². The number of nitrogens with one attached hydrogen (secondary N) is 2. The molecule has 160 valence electrons. The van der Waals surface area contributed by atoms with Crippen LogP contribution in [0.4, 0.5) is 8.78 Å². The normalized spacial score (nSPS) is 10.9. The lowest BCUT2D eigenvalue weighted by Crippen LogP contribution is -2.38. The molecular formula is C20H26F2IN3O3. The van der Waals surface area contributed by atoms with Crippen LogP contribution in [0.1, 0.15) is 11.1 Å². The maximum absolute atomic E-state index is 12.6. The molecule has 2 rings (SSSR count). The fraction of sp³-hybridized carbons (Fsp3) is 0.350. The highest BCUT2D eigenvalue weighted by Crippen LogP contribution is 2.25. The first-order valence-corrected chi connectivity index (χ1v) is 8.75. The molecule has 0 atom stereocenters. The summed E-state index contributed by atoms with van der Waals surface area (Å²) < 4.78 is 40.3. The van der Waals surface area contributed by atoms with Crippen LogP contribution in [0.2, 0.25) is 0 Å². The molecule has 2 aromatic carbocycles. The predicted molar refractivity (Wildman–Crippen MR) is 120 cm³/mol.